The molecule has 1 rings (SSSR count). The van der Waals surface area contributed by atoms with Crippen LogP contribution >= 0.6 is 11.6 Å². The summed E-state index contributed by atoms with van der Waals surface area (Å²) in [6.45, 7) is 2.04. The molecular weight excluding hydrogens is 212 g/mol. The van der Waals surface area contributed by atoms with Gasteiger partial charge in [0.05, 0.1) is 18.3 Å². The predicted octanol–water partition coefficient (Wildman–Crippen LogP) is 2.09. The van der Waals surface area contributed by atoms with Crippen LogP contribution in [-0.4, -0.2) is 21.2 Å². The van der Waals surface area contributed by atoms with Crippen LogP contribution in [0.25, 0.3) is 0 Å². The summed E-state index contributed by atoms with van der Waals surface area (Å²) in [6.07, 6.45) is 0.105. The summed E-state index contributed by atoms with van der Waals surface area (Å²) in [6, 6.07) is 3.87. The highest BCUT2D eigenvalue weighted by Crippen LogP contribution is 2.29. The molecule has 0 amide bonds. The van der Waals surface area contributed by atoms with Crippen LogP contribution in [0.2, 0.25) is 5.02 Å². The molecule has 4 heteroatoms. The Hall–Kier alpha value is -0.770. The zero-order valence-electron chi connectivity index (χ0n) is 9.52. The van der Waals surface area contributed by atoms with Gasteiger partial charge in [0.2, 0.25) is 0 Å². The summed E-state index contributed by atoms with van der Waals surface area (Å²) in [7, 11) is 5.42. The summed E-state index contributed by atoms with van der Waals surface area (Å²) >= 11 is 6.08. The summed E-state index contributed by atoms with van der Waals surface area (Å²) in [5.74, 6) is 0.712. The Morgan fingerprint density at radius 1 is 1.27 bits per heavy atom. The Labute approximate surface area is 95.8 Å². The van der Waals surface area contributed by atoms with Gasteiger partial charge in [0.25, 0.3) is 0 Å². The predicted molar refractivity (Wildman–Crippen MR) is 63.6 cm³/mol. The second-order valence-corrected chi connectivity index (χ2v) is 3.76. The molecule has 0 aromatic heterocycles. The Morgan fingerprint density at radius 3 is 2.33 bits per heavy atom. The van der Waals surface area contributed by atoms with Crippen molar-refractivity contribution in [2.24, 2.45) is 0 Å². The van der Waals surface area contributed by atoms with E-state index in [9.17, 15) is 0 Å². The molecule has 2 N–H and O–H groups in total. The van der Waals surface area contributed by atoms with Crippen LogP contribution in [-0.2, 0) is 0 Å². The van der Waals surface area contributed by atoms with Gasteiger partial charge >= 0.3 is 0 Å². The van der Waals surface area contributed by atoms with E-state index in [1.165, 1.54) is 0 Å². The Kier molecular flexibility index (Phi) is 4.39. The summed E-state index contributed by atoms with van der Waals surface area (Å²) in [5, 5.41) is 6.96. The molecule has 3 nitrogen and oxygen atoms in total. The van der Waals surface area contributed by atoms with E-state index in [0.717, 1.165) is 11.1 Å². The number of aryl methyl sites for hydroxylation is 1. The third-order valence-corrected chi connectivity index (χ3v) is 2.72. The van der Waals surface area contributed by atoms with E-state index in [1.54, 1.807) is 7.11 Å². The molecule has 0 radical (unpaired) electrons. The summed E-state index contributed by atoms with van der Waals surface area (Å²) < 4.78 is 5.16. The van der Waals surface area contributed by atoms with Gasteiger partial charge in [0, 0.05) is 0 Å². The molecule has 15 heavy (non-hydrogen) atoms. The summed E-state index contributed by atoms with van der Waals surface area (Å²) in [4.78, 5) is 0. The largest absolute Gasteiger partial charge is 0.495 e. The topological polar surface area (TPSA) is 33.3 Å². The van der Waals surface area contributed by atoms with Crippen molar-refractivity contribution in [1.82, 2.24) is 10.6 Å². The third kappa shape index (κ3) is 2.62. The second-order valence-electron chi connectivity index (χ2n) is 3.35. The molecule has 0 heterocycles. The minimum atomic E-state index is 0.105. The molecule has 0 unspecified atom stereocenters. The van der Waals surface area contributed by atoms with Gasteiger partial charge in [-0.1, -0.05) is 11.6 Å². The maximum absolute atomic E-state index is 6.08. The Bertz CT molecular complexity index is 338. The van der Waals surface area contributed by atoms with Crippen molar-refractivity contribution >= 4 is 11.6 Å². The van der Waals surface area contributed by atoms with Crippen molar-refractivity contribution in [3.05, 3.63) is 28.3 Å². The van der Waals surface area contributed by atoms with Gasteiger partial charge in [-0.05, 0) is 44.3 Å². The number of benzene rings is 1. The number of ether oxygens (including phenoxy) is 1. The number of halogens is 1. The van der Waals surface area contributed by atoms with E-state index < -0.39 is 0 Å². The fourth-order valence-electron chi connectivity index (χ4n) is 1.59. The first-order valence-electron chi connectivity index (χ1n) is 4.82. The quantitative estimate of drug-likeness (QED) is 0.775. The van der Waals surface area contributed by atoms with E-state index in [1.807, 2.05) is 33.2 Å². The first-order chi connectivity index (χ1) is 7.13. The lowest BCUT2D eigenvalue weighted by atomic mass is 10.1. The maximum atomic E-state index is 6.08. The van der Waals surface area contributed by atoms with E-state index in [4.69, 9.17) is 16.3 Å². The number of methoxy groups -OCH3 is 1. The molecule has 0 atom stereocenters. The van der Waals surface area contributed by atoms with Gasteiger partial charge in [0.1, 0.15) is 5.75 Å². The monoisotopic (exact) mass is 228 g/mol. The van der Waals surface area contributed by atoms with Crippen LogP contribution in [0, 0.1) is 6.92 Å². The molecule has 0 fully saturated rings. The van der Waals surface area contributed by atoms with E-state index >= 15 is 0 Å². The van der Waals surface area contributed by atoms with Gasteiger partial charge in [0.15, 0.2) is 0 Å². The van der Waals surface area contributed by atoms with Gasteiger partial charge < -0.3 is 15.4 Å². The van der Waals surface area contributed by atoms with E-state index in [-0.39, 0.29) is 6.17 Å². The highest BCUT2D eigenvalue weighted by molar-refractivity contribution is 6.32. The normalized spacial score (nSPS) is 10.8. The summed E-state index contributed by atoms with van der Waals surface area (Å²) in [5.41, 5.74) is 2.27. The average Bonchev–Trinajstić information content (AvgIpc) is 2.24. The van der Waals surface area contributed by atoms with Crippen molar-refractivity contribution in [3.8, 4) is 5.75 Å². The zero-order valence-corrected chi connectivity index (χ0v) is 10.3. The molecule has 0 aliphatic carbocycles. The molecule has 0 saturated heterocycles. The third-order valence-electron chi connectivity index (χ3n) is 2.43. The lowest BCUT2D eigenvalue weighted by Crippen LogP contribution is -2.29. The smallest absolute Gasteiger partial charge is 0.137 e. The number of hydrogen-bond donors (Lipinski definition) is 2. The molecular formula is C11H17ClN2O. The maximum Gasteiger partial charge on any atom is 0.137 e. The second kappa shape index (κ2) is 5.35. The fourth-order valence-corrected chi connectivity index (χ4v) is 1.84. The number of hydrogen-bond acceptors (Lipinski definition) is 3. The van der Waals surface area contributed by atoms with E-state index in [0.29, 0.717) is 10.8 Å². The minimum absolute atomic E-state index is 0.105. The van der Waals surface area contributed by atoms with Gasteiger partial charge in [-0.3, -0.25) is 0 Å². The minimum Gasteiger partial charge on any atom is -0.495 e. The average molecular weight is 229 g/mol. The highest BCUT2D eigenvalue weighted by Gasteiger charge is 2.12. The lowest BCUT2D eigenvalue weighted by Gasteiger charge is -2.19. The van der Waals surface area contributed by atoms with Crippen molar-refractivity contribution in [2.45, 2.75) is 13.1 Å². The molecule has 1 aromatic carbocycles. The van der Waals surface area contributed by atoms with Gasteiger partial charge in [-0.25, -0.2) is 0 Å². The van der Waals surface area contributed by atoms with Gasteiger partial charge in [-0.2, -0.15) is 0 Å². The zero-order chi connectivity index (χ0) is 11.4. The Morgan fingerprint density at radius 2 is 1.87 bits per heavy atom. The van der Waals surface area contributed by atoms with E-state index in [2.05, 4.69) is 10.6 Å². The molecule has 0 aliphatic heterocycles. The van der Waals surface area contributed by atoms with Crippen LogP contribution in [0.4, 0.5) is 0 Å². The van der Waals surface area contributed by atoms with Crippen molar-refractivity contribution in [2.75, 3.05) is 21.2 Å². The SMILES string of the molecule is CNC(NC)c1cc(Cl)c(OC)cc1C. The molecule has 84 valence electrons. The van der Waals surface area contributed by atoms with Crippen molar-refractivity contribution in [1.29, 1.82) is 0 Å². The van der Waals surface area contributed by atoms with Crippen LogP contribution in [0.3, 0.4) is 0 Å². The molecule has 0 spiro atoms. The first kappa shape index (κ1) is 12.3. The molecule has 0 bridgehead atoms. The lowest BCUT2D eigenvalue weighted by molar-refractivity contribution is 0.414. The highest BCUT2D eigenvalue weighted by atomic mass is 35.5. The fraction of sp³-hybridized carbons (Fsp3) is 0.455. The van der Waals surface area contributed by atoms with Crippen LogP contribution in [0.5, 0.6) is 5.75 Å². The Balaban J connectivity index is 3.14. The number of nitrogens with one attached hydrogen (secondary N) is 2. The molecule has 0 aliphatic rings. The van der Waals surface area contributed by atoms with Crippen molar-refractivity contribution < 1.29 is 4.74 Å². The standard InChI is InChI=1S/C11H17ClN2O/c1-7-5-10(15-4)9(12)6-8(7)11(13-2)14-3/h5-6,11,13-14H,1-4H3. The molecule has 1 aromatic rings. The van der Waals surface area contributed by atoms with Gasteiger partial charge in [-0.15, -0.1) is 0 Å². The molecule has 0 saturated carbocycles. The van der Waals surface area contributed by atoms with Crippen molar-refractivity contribution in [3.63, 3.8) is 0 Å². The van der Waals surface area contributed by atoms with Crippen LogP contribution < -0.4 is 15.4 Å². The number of rotatable bonds is 4. The van der Waals surface area contributed by atoms with Crippen LogP contribution in [0.1, 0.15) is 17.3 Å². The van der Waals surface area contributed by atoms with Crippen LogP contribution in [0.15, 0.2) is 12.1 Å². The first-order valence-corrected chi connectivity index (χ1v) is 5.20.